The van der Waals surface area contributed by atoms with E-state index >= 15 is 0 Å². The summed E-state index contributed by atoms with van der Waals surface area (Å²) in [5, 5.41) is 5.32. The fraction of sp³-hybridized carbons (Fsp3) is 0.778. The van der Waals surface area contributed by atoms with Crippen LogP contribution in [0.3, 0.4) is 0 Å². The Kier molecular flexibility index (Phi) is 3.73. The van der Waals surface area contributed by atoms with E-state index in [4.69, 9.17) is 0 Å². The quantitative estimate of drug-likeness (QED) is 0.606. The second kappa shape index (κ2) is 4.84. The van der Waals surface area contributed by atoms with Crippen molar-refractivity contribution in [2.45, 2.75) is 32.2 Å². The maximum absolute atomic E-state index is 11.3. The van der Waals surface area contributed by atoms with E-state index in [9.17, 15) is 9.59 Å². The monoisotopic (exact) mass is 184 g/mol. The first-order chi connectivity index (χ1) is 6.29. The van der Waals surface area contributed by atoms with Crippen LogP contribution in [0, 0.1) is 5.92 Å². The third-order valence-corrected chi connectivity index (χ3v) is 2.48. The fourth-order valence-electron chi connectivity index (χ4n) is 1.84. The summed E-state index contributed by atoms with van der Waals surface area (Å²) in [6, 6.07) is -0.314. The molecule has 1 saturated heterocycles. The first-order valence-electron chi connectivity index (χ1n) is 4.77. The molecule has 1 rings (SSSR count). The van der Waals surface area contributed by atoms with Crippen LogP contribution in [0.5, 0.6) is 0 Å². The van der Waals surface area contributed by atoms with Crippen molar-refractivity contribution in [3.8, 4) is 0 Å². The summed E-state index contributed by atoms with van der Waals surface area (Å²) in [5.41, 5.74) is 0. The fourth-order valence-corrected chi connectivity index (χ4v) is 1.84. The standard InChI is InChI=1S/C9H16N2O2/c1-2-3-7-4-5-10-9(13)8(7)11-6-12/h6-8H,2-5H2,1H3,(H,10,13)(H,11,12). The van der Waals surface area contributed by atoms with Crippen LogP contribution in [0.1, 0.15) is 26.2 Å². The Labute approximate surface area is 78.1 Å². The van der Waals surface area contributed by atoms with Crippen molar-refractivity contribution in [2.75, 3.05) is 6.54 Å². The summed E-state index contributed by atoms with van der Waals surface area (Å²) in [6.07, 6.45) is 3.62. The number of nitrogens with one attached hydrogen (secondary N) is 2. The maximum Gasteiger partial charge on any atom is 0.242 e. The molecule has 2 unspecified atom stereocenters. The molecule has 1 heterocycles. The van der Waals surface area contributed by atoms with E-state index in [1.165, 1.54) is 0 Å². The van der Waals surface area contributed by atoms with Gasteiger partial charge in [0.1, 0.15) is 6.04 Å². The molecule has 2 N–H and O–H groups in total. The van der Waals surface area contributed by atoms with Crippen LogP contribution < -0.4 is 10.6 Å². The van der Waals surface area contributed by atoms with Gasteiger partial charge in [-0.15, -0.1) is 0 Å². The van der Waals surface area contributed by atoms with Crippen LogP contribution in [0.4, 0.5) is 0 Å². The van der Waals surface area contributed by atoms with Crippen molar-refractivity contribution in [3.05, 3.63) is 0 Å². The highest BCUT2D eigenvalue weighted by molar-refractivity contribution is 5.84. The van der Waals surface area contributed by atoms with E-state index in [-0.39, 0.29) is 11.9 Å². The number of carbonyl (C=O) groups is 2. The molecule has 0 spiro atoms. The minimum atomic E-state index is -0.314. The van der Waals surface area contributed by atoms with Gasteiger partial charge in [0.25, 0.3) is 0 Å². The molecule has 0 aromatic rings. The Bertz CT molecular complexity index is 192. The summed E-state index contributed by atoms with van der Waals surface area (Å²) in [6.45, 7) is 2.82. The van der Waals surface area contributed by atoms with Crippen molar-refractivity contribution in [3.63, 3.8) is 0 Å². The van der Waals surface area contributed by atoms with E-state index in [1.54, 1.807) is 0 Å². The topological polar surface area (TPSA) is 58.2 Å². The number of piperidine rings is 1. The van der Waals surface area contributed by atoms with Gasteiger partial charge < -0.3 is 10.6 Å². The molecule has 2 atom stereocenters. The number of hydrogen-bond acceptors (Lipinski definition) is 2. The van der Waals surface area contributed by atoms with Crippen LogP contribution in [-0.4, -0.2) is 24.9 Å². The number of amides is 2. The second-order valence-electron chi connectivity index (χ2n) is 3.39. The van der Waals surface area contributed by atoms with Crippen molar-refractivity contribution in [1.29, 1.82) is 0 Å². The van der Waals surface area contributed by atoms with E-state index < -0.39 is 0 Å². The molecule has 0 radical (unpaired) electrons. The van der Waals surface area contributed by atoms with Crippen LogP contribution in [0.25, 0.3) is 0 Å². The Hall–Kier alpha value is -1.06. The molecule has 2 amide bonds. The molecular formula is C9H16N2O2. The molecule has 0 aromatic heterocycles. The zero-order valence-electron chi connectivity index (χ0n) is 7.88. The van der Waals surface area contributed by atoms with Gasteiger partial charge in [-0.1, -0.05) is 13.3 Å². The predicted octanol–water partition coefficient (Wildman–Crippen LogP) is 0.0372. The smallest absolute Gasteiger partial charge is 0.242 e. The van der Waals surface area contributed by atoms with Crippen molar-refractivity contribution < 1.29 is 9.59 Å². The van der Waals surface area contributed by atoms with Crippen LogP contribution in [0.15, 0.2) is 0 Å². The van der Waals surface area contributed by atoms with Gasteiger partial charge in [-0.25, -0.2) is 0 Å². The van der Waals surface area contributed by atoms with E-state index in [0.717, 1.165) is 25.8 Å². The Balaban J connectivity index is 2.56. The molecule has 13 heavy (non-hydrogen) atoms. The van der Waals surface area contributed by atoms with Gasteiger partial charge in [-0.3, -0.25) is 9.59 Å². The summed E-state index contributed by atoms with van der Waals surface area (Å²) in [5.74, 6) is 0.265. The summed E-state index contributed by atoms with van der Waals surface area (Å²) < 4.78 is 0. The van der Waals surface area contributed by atoms with Crippen LogP contribution in [0.2, 0.25) is 0 Å². The summed E-state index contributed by atoms with van der Waals surface area (Å²) in [7, 11) is 0. The molecule has 0 saturated carbocycles. The van der Waals surface area contributed by atoms with Gasteiger partial charge in [0.2, 0.25) is 12.3 Å². The Morgan fingerprint density at radius 3 is 3.08 bits per heavy atom. The largest absolute Gasteiger partial charge is 0.354 e. The second-order valence-corrected chi connectivity index (χ2v) is 3.39. The van der Waals surface area contributed by atoms with Crippen molar-refractivity contribution in [2.24, 2.45) is 5.92 Å². The zero-order chi connectivity index (χ0) is 9.68. The highest BCUT2D eigenvalue weighted by Gasteiger charge is 2.30. The molecular weight excluding hydrogens is 168 g/mol. The number of hydrogen-bond donors (Lipinski definition) is 2. The Morgan fingerprint density at radius 1 is 1.69 bits per heavy atom. The van der Waals surface area contributed by atoms with Gasteiger partial charge in [0, 0.05) is 6.54 Å². The van der Waals surface area contributed by atoms with Gasteiger partial charge in [-0.2, -0.15) is 0 Å². The van der Waals surface area contributed by atoms with Crippen LogP contribution in [-0.2, 0) is 9.59 Å². The molecule has 0 aliphatic carbocycles. The van der Waals surface area contributed by atoms with Gasteiger partial charge in [0.05, 0.1) is 0 Å². The van der Waals surface area contributed by atoms with Gasteiger partial charge >= 0.3 is 0 Å². The summed E-state index contributed by atoms with van der Waals surface area (Å²) in [4.78, 5) is 21.6. The first-order valence-corrected chi connectivity index (χ1v) is 4.77. The third-order valence-electron chi connectivity index (χ3n) is 2.48. The highest BCUT2D eigenvalue weighted by Crippen LogP contribution is 2.18. The van der Waals surface area contributed by atoms with E-state index in [0.29, 0.717) is 12.3 Å². The first kappa shape index (κ1) is 10.0. The molecule has 4 heteroatoms. The molecule has 0 bridgehead atoms. The molecule has 4 nitrogen and oxygen atoms in total. The average Bonchev–Trinajstić information content (AvgIpc) is 2.11. The Morgan fingerprint density at radius 2 is 2.46 bits per heavy atom. The molecule has 1 fully saturated rings. The zero-order valence-corrected chi connectivity index (χ0v) is 7.88. The lowest BCUT2D eigenvalue weighted by molar-refractivity contribution is -0.128. The SMILES string of the molecule is CCCC1CCNC(=O)C1NC=O. The lowest BCUT2D eigenvalue weighted by Crippen LogP contribution is -2.53. The lowest BCUT2D eigenvalue weighted by Gasteiger charge is -2.30. The van der Waals surface area contributed by atoms with Crippen molar-refractivity contribution in [1.82, 2.24) is 10.6 Å². The van der Waals surface area contributed by atoms with E-state index in [1.807, 2.05) is 0 Å². The third kappa shape index (κ3) is 2.44. The molecule has 1 aliphatic rings. The number of carbonyl (C=O) groups excluding carboxylic acids is 2. The lowest BCUT2D eigenvalue weighted by atomic mass is 9.88. The minimum Gasteiger partial charge on any atom is -0.354 e. The van der Waals surface area contributed by atoms with Crippen LogP contribution >= 0.6 is 0 Å². The van der Waals surface area contributed by atoms with Crippen molar-refractivity contribution >= 4 is 12.3 Å². The predicted molar refractivity (Wildman–Crippen MR) is 49.0 cm³/mol. The molecule has 74 valence electrons. The molecule has 1 aliphatic heterocycles. The molecule has 0 aromatic carbocycles. The summed E-state index contributed by atoms with van der Waals surface area (Å²) >= 11 is 0. The number of rotatable bonds is 4. The average molecular weight is 184 g/mol. The minimum absolute atomic E-state index is 0.0446. The maximum atomic E-state index is 11.3. The highest BCUT2D eigenvalue weighted by atomic mass is 16.2. The van der Waals surface area contributed by atoms with E-state index in [2.05, 4.69) is 17.6 Å². The van der Waals surface area contributed by atoms with Gasteiger partial charge in [0.15, 0.2) is 0 Å². The normalized spacial score (nSPS) is 27.9. The van der Waals surface area contributed by atoms with Gasteiger partial charge in [-0.05, 0) is 18.8 Å².